The molecule has 0 bridgehead atoms. The second-order valence-corrected chi connectivity index (χ2v) is 5.88. The highest BCUT2D eigenvalue weighted by Crippen LogP contribution is 2.37. The van der Waals surface area contributed by atoms with Crippen molar-refractivity contribution in [2.24, 2.45) is 11.8 Å². The predicted octanol–water partition coefficient (Wildman–Crippen LogP) is 2.94. The zero-order valence-electron chi connectivity index (χ0n) is 12.0. The van der Waals surface area contributed by atoms with Gasteiger partial charge in [-0.15, -0.1) is 0 Å². The molecule has 114 valence electrons. The van der Waals surface area contributed by atoms with E-state index in [1.807, 2.05) is 0 Å². The van der Waals surface area contributed by atoms with E-state index < -0.39 is 18.0 Å². The lowest BCUT2D eigenvalue weighted by Gasteiger charge is -2.30. The van der Waals surface area contributed by atoms with Crippen LogP contribution in [0.4, 0.5) is 0 Å². The van der Waals surface area contributed by atoms with Gasteiger partial charge in [-0.05, 0) is 48.4 Å². The Balaban J connectivity index is 2.33. The summed E-state index contributed by atoms with van der Waals surface area (Å²) < 4.78 is 0. The van der Waals surface area contributed by atoms with Crippen LogP contribution in [-0.2, 0) is 0 Å². The molecule has 0 saturated heterocycles. The Morgan fingerprint density at radius 2 is 1.71 bits per heavy atom. The van der Waals surface area contributed by atoms with Crippen LogP contribution in [0.3, 0.4) is 0 Å². The number of benzene rings is 1. The number of hydrogen-bond donors (Lipinski definition) is 3. The molecule has 1 aliphatic rings. The summed E-state index contributed by atoms with van der Waals surface area (Å²) in [6.45, 7) is 2.16. The van der Waals surface area contributed by atoms with Gasteiger partial charge in [-0.3, -0.25) is 0 Å². The van der Waals surface area contributed by atoms with Gasteiger partial charge in [0.05, 0.1) is 17.2 Å². The lowest BCUT2D eigenvalue weighted by molar-refractivity contribution is 0.0628. The number of carbonyl (C=O) groups is 2. The van der Waals surface area contributed by atoms with Crippen LogP contribution in [0.15, 0.2) is 18.2 Å². The minimum Gasteiger partial charge on any atom is -0.478 e. The maximum absolute atomic E-state index is 11.3. The van der Waals surface area contributed by atoms with Gasteiger partial charge in [0.25, 0.3) is 0 Å². The lowest BCUT2D eigenvalue weighted by atomic mass is 9.77. The van der Waals surface area contributed by atoms with Crippen LogP contribution in [0.25, 0.3) is 0 Å². The van der Waals surface area contributed by atoms with Crippen LogP contribution < -0.4 is 0 Å². The molecule has 1 unspecified atom stereocenters. The third-order valence-electron chi connectivity index (χ3n) is 4.35. The fraction of sp³-hybridized carbons (Fsp3) is 0.500. The first-order valence-electron chi connectivity index (χ1n) is 7.18. The van der Waals surface area contributed by atoms with Gasteiger partial charge in [0.1, 0.15) is 0 Å². The molecule has 0 radical (unpaired) electrons. The number of carboxylic acids is 2. The Morgan fingerprint density at radius 3 is 2.24 bits per heavy atom. The van der Waals surface area contributed by atoms with Gasteiger partial charge in [-0.2, -0.15) is 0 Å². The van der Waals surface area contributed by atoms with Crippen molar-refractivity contribution in [3.05, 3.63) is 34.9 Å². The summed E-state index contributed by atoms with van der Waals surface area (Å²) in [5, 5.41) is 28.8. The molecule has 5 nitrogen and oxygen atoms in total. The highest BCUT2D eigenvalue weighted by Gasteiger charge is 2.29. The zero-order valence-corrected chi connectivity index (χ0v) is 12.0. The SMILES string of the molecule is CC1CCC(C(O)c2cc(C(=O)O)ccc2C(=O)O)CC1. The van der Waals surface area contributed by atoms with E-state index in [1.54, 1.807) is 0 Å². The first-order chi connectivity index (χ1) is 9.90. The molecule has 0 spiro atoms. The van der Waals surface area contributed by atoms with E-state index in [-0.39, 0.29) is 22.6 Å². The Hall–Kier alpha value is -1.88. The Labute approximate surface area is 123 Å². The van der Waals surface area contributed by atoms with Crippen LogP contribution in [0, 0.1) is 11.8 Å². The van der Waals surface area contributed by atoms with Crippen molar-refractivity contribution in [1.82, 2.24) is 0 Å². The molecule has 1 aliphatic carbocycles. The van der Waals surface area contributed by atoms with E-state index in [4.69, 9.17) is 5.11 Å². The van der Waals surface area contributed by atoms with Crippen molar-refractivity contribution >= 4 is 11.9 Å². The van der Waals surface area contributed by atoms with Crippen molar-refractivity contribution in [1.29, 1.82) is 0 Å². The molecule has 1 aromatic carbocycles. The second-order valence-electron chi connectivity index (χ2n) is 5.88. The van der Waals surface area contributed by atoms with Gasteiger partial charge in [-0.25, -0.2) is 9.59 Å². The molecule has 0 amide bonds. The number of hydrogen-bond acceptors (Lipinski definition) is 3. The summed E-state index contributed by atoms with van der Waals surface area (Å²) in [6, 6.07) is 3.80. The average Bonchev–Trinajstić information content (AvgIpc) is 2.46. The van der Waals surface area contributed by atoms with Crippen LogP contribution in [-0.4, -0.2) is 27.3 Å². The van der Waals surface area contributed by atoms with E-state index in [0.717, 1.165) is 25.7 Å². The summed E-state index contributed by atoms with van der Waals surface area (Å²) in [5.74, 6) is -1.66. The molecule has 1 fully saturated rings. The van der Waals surface area contributed by atoms with Gasteiger partial charge in [0, 0.05) is 0 Å². The highest BCUT2D eigenvalue weighted by molar-refractivity contribution is 5.93. The Morgan fingerprint density at radius 1 is 1.10 bits per heavy atom. The van der Waals surface area contributed by atoms with Gasteiger partial charge < -0.3 is 15.3 Å². The largest absolute Gasteiger partial charge is 0.478 e. The topological polar surface area (TPSA) is 94.8 Å². The highest BCUT2D eigenvalue weighted by atomic mass is 16.4. The van der Waals surface area contributed by atoms with Gasteiger partial charge >= 0.3 is 11.9 Å². The fourth-order valence-corrected chi connectivity index (χ4v) is 2.99. The van der Waals surface area contributed by atoms with Crippen LogP contribution in [0.2, 0.25) is 0 Å². The molecular formula is C16H20O5. The third-order valence-corrected chi connectivity index (χ3v) is 4.35. The fourth-order valence-electron chi connectivity index (χ4n) is 2.99. The van der Waals surface area contributed by atoms with Crippen molar-refractivity contribution in [3.63, 3.8) is 0 Å². The molecular weight excluding hydrogens is 272 g/mol. The molecule has 1 saturated carbocycles. The minimum atomic E-state index is -1.15. The minimum absolute atomic E-state index is 0.00164. The molecule has 3 N–H and O–H groups in total. The van der Waals surface area contributed by atoms with E-state index in [0.29, 0.717) is 5.92 Å². The van der Waals surface area contributed by atoms with Gasteiger partial charge in [0.15, 0.2) is 0 Å². The summed E-state index contributed by atoms with van der Waals surface area (Å²) >= 11 is 0. The van der Waals surface area contributed by atoms with Crippen molar-refractivity contribution in [2.75, 3.05) is 0 Å². The summed E-state index contributed by atoms with van der Waals surface area (Å²) in [5.41, 5.74) is 0.186. The standard InChI is InChI=1S/C16H20O5/c1-9-2-4-10(5-3-9)14(17)13-8-11(15(18)19)6-7-12(13)16(20)21/h6-10,14,17H,2-5H2,1H3,(H,18,19)(H,20,21). The van der Waals surface area contributed by atoms with E-state index in [1.165, 1.54) is 18.2 Å². The van der Waals surface area contributed by atoms with Gasteiger partial charge in [-0.1, -0.05) is 19.8 Å². The molecule has 1 aromatic rings. The first kappa shape index (κ1) is 15.5. The maximum atomic E-state index is 11.3. The van der Waals surface area contributed by atoms with Crippen LogP contribution in [0.1, 0.15) is 65.0 Å². The van der Waals surface area contributed by atoms with E-state index >= 15 is 0 Å². The van der Waals surface area contributed by atoms with Gasteiger partial charge in [0.2, 0.25) is 0 Å². The van der Waals surface area contributed by atoms with Crippen molar-refractivity contribution < 1.29 is 24.9 Å². The average molecular weight is 292 g/mol. The zero-order chi connectivity index (χ0) is 15.6. The summed E-state index contributed by atoms with van der Waals surface area (Å²) in [6.07, 6.45) is 2.74. The molecule has 0 aliphatic heterocycles. The normalized spacial score (nSPS) is 23.5. The summed E-state index contributed by atoms with van der Waals surface area (Å²) in [4.78, 5) is 22.3. The number of carboxylic acid groups (broad SMARTS) is 2. The van der Waals surface area contributed by atoms with Crippen molar-refractivity contribution in [2.45, 2.75) is 38.7 Å². The quantitative estimate of drug-likeness (QED) is 0.793. The van der Waals surface area contributed by atoms with Crippen LogP contribution in [0.5, 0.6) is 0 Å². The van der Waals surface area contributed by atoms with Crippen LogP contribution >= 0.6 is 0 Å². The van der Waals surface area contributed by atoms with Crippen molar-refractivity contribution in [3.8, 4) is 0 Å². The molecule has 1 atom stereocenters. The molecule has 2 rings (SSSR count). The Bertz CT molecular complexity index is 544. The number of aromatic carboxylic acids is 2. The first-order valence-corrected chi connectivity index (χ1v) is 7.18. The summed E-state index contributed by atoms with van der Waals surface area (Å²) in [7, 11) is 0. The maximum Gasteiger partial charge on any atom is 0.336 e. The Kier molecular flexibility index (Phi) is 4.63. The monoisotopic (exact) mass is 292 g/mol. The molecule has 5 heteroatoms. The number of rotatable bonds is 4. The molecule has 0 heterocycles. The smallest absolute Gasteiger partial charge is 0.336 e. The number of aliphatic hydroxyl groups excluding tert-OH is 1. The second kappa shape index (κ2) is 6.26. The number of aliphatic hydroxyl groups is 1. The third kappa shape index (κ3) is 3.42. The lowest BCUT2D eigenvalue weighted by Crippen LogP contribution is -2.21. The van der Waals surface area contributed by atoms with E-state index in [9.17, 15) is 19.8 Å². The molecule has 0 aromatic heterocycles. The molecule has 21 heavy (non-hydrogen) atoms. The predicted molar refractivity (Wildman–Crippen MR) is 76.4 cm³/mol. The van der Waals surface area contributed by atoms with E-state index in [2.05, 4.69) is 6.92 Å².